The molecular formula is C24H20N6O4. The first-order valence-corrected chi connectivity index (χ1v) is 11.2. The van der Waals surface area contributed by atoms with Gasteiger partial charge < -0.3 is 19.6 Å². The Hall–Kier alpha value is -4.34. The molecule has 0 saturated heterocycles. The molecule has 0 atom stereocenters. The van der Waals surface area contributed by atoms with Gasteiger partial charge in [0.05, 0.1) is 23.2 Å². The Morgan fingerprint density at radius 2 is 0.941 bits per heavy atom. The van der Waals surface area contributed by atoms with Gasteiger partial charge in [-0.2, -0.15) is 0 Å². The summed E-state index contributed by atoms with van der Waals surface area (Å²) in [5, 5.41) is 22.5. The Morgan fingerprint density at radius 3 is 1.35 bits per heavy atom. The number of non-ortho nitro benzene ring substituents is 2. The molecule has 4 aliphatic heterocycles. The molecule has 0 amide bonds. The molecule has 3 aromatic carbocycles. The number of fused-ring (bicyclic) bond motifs is 13. The quantitative estimate of drug-likeness (QED) is 0.420. The predicted octanol–water partition coefficient (Wildman–Crippen LogP) is 4.10. The summed E-state index contributed by atoms with van der Waals surface area (Å²) in [5.41, 5.74) is 9.24. The van der Waals surface area contributed by atoms with Gasteiger partial charge in [0.1, 0.15) is 0 Å². The van der Waals surface area contributed by atoms with Crippen molar-refractivity contribution < 1.29 is 9.85 Å². The lowest BCUT2D eigenvalue weighted by Crippen LogP contribution is -2.49. The highest BCUT2D eigenvalue weighted by molar-refractivity contribution is 5.77. The first-order chi connectivity index (χ1) is 16.5. The Kier molecular flexibility index (Phi) is 3.72. The van der Waals surface area contributed by atoms with Crippen LogP contribution in [-0.4, -0.2) is 23.2 Å². The number of rotatable bonds is 2. The smallest absolute Gasteiger partial charge is 0.269 e. The summed E-state index contributed by atoms with van der Waals surface area (Å²) in [4.78, 5) is 31.0. The highest BCUT2D eigenvalue weighted by Gasteiger charge is 2.37. The van der Waals surface area contributed by atoms with Gasteiger partial charge in [-0.05, 0) is 24.3 Å². The lowest BCUT2D eigenvalue weighted by Gasteiger charge is -2.49. The van der Waals surface area contributed by atoms with Crippen LogP contribution in [0, 0.1) is 20.2 Å². The first-order valence-electron chi connectivity index (χ1n) is 11.2. The number of nitrogens with zero attached hydrogens (tertiary/aromatic N) is 6. The van der Waals surface area contributed by atoms with Crippen LogP contribution >= 0.6 is 0 Å². The van der Waals surface area contributed by atoms with E-state index in [4.69, 9.17) is 0 Å². The molecule has 0 aliphatic carbocycles. The fraction of sp³-hybridized carbons (Fsp3) is 0.250. The van der Waals surface area contributed by atoms with E-state index in [9.17, 15) is 20.2 Å². The molecule has 4 aliphatic rings. The van der Waals surface area contributed by atoms with Crippen molar-refractivity contribution in [3.8, 4) is 0 Å². The Labute approximate surface area is 194 Å². The average molecular weight is 456 g/mol. The van der Waals surface area contributed by atoms with E-state index in [1.165, 1.54) is 22.5 Å². The molecule has 34 heavy (non-hydrogen) atoms. The van der Waals surface area contributed by atoms with Crippen LogP contribution in [0.2, 0.25) is 0 Å². The summed E-state index contributed by atoms with van der Waals surface area (Å²) in [6.07, 6.45) is 0. The SMILES string of the molecule is O=[N+]([O-])c1ccc2c(c1)CN1CN2Cc2c1ccc1c2CN2CN1Cc1cc([N+](=O)[O-])ccc12. The number of hydrogen-bond acceptors (Lipinski definition) is 8. The molecule has 0 saturated carbocycles. The van der Waals surface area contributed by atoms with Crippen LogP contribution in [0.4, 0.5) is 34.1 Å². The largest absolute Gasteiger partial charge is 0.349 e. The number of nitro benzene ring substituents is 2. The topological polar surface area (TPSA) is 99.2 Å². The standard InChI is InChI=1S/C24H20N6O4/c31-29(32)17-1-3-21-15(7-17)9-25-13-27(21)11-19-20-12-28-14-26(24(20)6-5-23(19)25)10-16-8-18(30(33)34)2-4-22(16)28/h1-8H,9-14H2. The minimum Gasteiger partial charge on any atom is -0.349 e. The van der Waals surface area contributed by atoms with E-state index in [-0.39, 0.29) is 21.2 Å². The van der Waals surface area contributed by atoms with Gasteiger partial charge in [-0.3, -0.25) is 20.2 Å². The number of benzene rings is 3. The minimum absolute atomic E-state index is 0.124. The maximum Gasteiger partial charge on any atom is 0.269 e. The molecule has 0 N–H and O–H groups in total. The highest BCUT2D eigenvalue weighted by atomic mass is 16.6. The van der Waals surface area contributed by atoms with E-state index >= 15 is 0 Å². The van der Waals surface area contributed by atoms with Gasteiger partial charge in [-0.25, -0.2) is 0 Å². The number of nitro groups is 2. The van der Waals surface area contributed by atoms with Crippen LogP contribution in [0.15, 0.2) is 48.5 Å². The molecule has 10 nitrogen and oxygen atoms in total. The van der Waals surface area contributed by atoms with Crippen molar-refractivity contribution in [1.29, 1.82) is 0 Å². The Morgan fingerprint density at radius 1 is 0.559 bits per heavy atom. The number of anilines is 4. The van der Waals surface area contributed by atoms with Crippen molar-refractivity contribution in [3.05, 3.63) is 91.0 Å². The van der Waals surface area contributed by atoms with Crippen molar-refractivity contribution >= 4 is 34.1 Å². The normalized spacial score (nSPS) is 16.9. The van der Waals surface area contributed by atoms with Crippen molar-refractivity contribution in [2.24, 2.45) is 0 Å². The van der Waals surface area contributed by atoms with E-state index in [1.807, 2.05) is 12.1 Å². The van der Waals surface area contributed by atoms with Gasteiger partial charge >= 0.3 is 0 Å². The second-order valence-corrected chi connectivity index (χ2v) is 9.28. The third-order valence-electron chi connectivity index (χ3n) is 7.40. The van der Waals surface area contributed by atoms with E-state index < -0.39 is 0 Å². The van der Waals surface area contributed by atoms with Gasteiger partial charge in [0.2, 0.25) is 0 Å². The van der Waals surface area contributed by atoms with Crippen molar-refractivity contribution in [1.82, 2.24) is 0 Å². The predicted molar refractivity (Wildman–Crippen MR) is 127 cm³/mol. The molecule has 4 bridgehead atoms. The molecule has 10 heteroatoms. The van der Waals surface area contributed by atoms with E-state index in [0.29, 0.717) is 13.1 Å². The van der Waals surface area contributed by atoms with Crippen molar-refractivity contribution in [3.63, 3.8) is 0 Å². The lowest BCUT2D eigenvalue weighted by atomic mass is 9.93. The molecule has 170 valence electrons. The molecule has 0 unspecified atom stereocenters. The molecule has 4 heterocycles. The van der Waals surface area contributed by atoms with Crippen LogP contribution in [0.5, 0.6) is 0 Å². The van der Waals surface area contributed by atoms with Gasteiger partial charge in [0.25, 0.3) is 11.4 Å². The molecule has 0 radical (unpaired) electrons. The second-order valence-electron chi connectivity index (χ2n) is 9.28. The third-order valence-corrected chi connectivity index (χ3v) is 7.40. The van der Waals surface area contributed by atoms with Crippen LogP contribution in [0.25, 0.3) is 0 Å². The number of hydrogen-bond donors (Lipinski definition) is 0. The van der Waals surface area contributed by atoms with Crippen LogP contribution < -0.4 is 19.6 Å². The van der Waals surface area contributed by atoms with Gasteiger partial charge in [0, 0.05) is 95.4 Å². The first kappa shape index (κ1) is 19.2. The fourth-order valence-electron chi connectivity index (χ4n) is 5.91. The summed E-state index contributed by atoms with van der Waals surface area (Å²) in [5.74, 6) is 0. The fourth-order valence-corrected chi connectivity index (χ4v) is 5.91. The van der Waals surface area contributed by atoms with E-state index in [1.54, 1.807) is 24.3 Å². The lowest BCUT2D eigenvalue weighted by molar-refractivity contribution is -0.385. The van der Waals surface area contributed by atoms with E-state index in [2.05, 4.69) is 31.7 Å². The van der Waals surface area contributed by atoms with Crippen molar-refractivity contribution in [2.45, 2.75) is 26.2 Å². The molecule has 3 aromatic rings. The van der Waals surface area contributed by atoms with E-state index in [0.717, 1.165) is 48.9 Å². The Balaban J connectivity index is 1.28. The summed E-state index contributed by atoms with van der Waals surface area (Å²) in [7, 11) is 0. The molecule has 0 aromatic heterocycles. The zero-order valence-electron chi connectivity index (χ0n) is 18.2. The van der Waals surface area contributed by atoms with Gasteiger partial charge in [-0.1, -0.05) is 0 Å². The van der Waals surface area contributed by atoms with Gasteiger partial charge in [-0.15, -0.1) is 0 Å². The maximum absolute atomic E-state index is 11.3. The van der Waals surface area contributed by atoms with Gasteiger partial charge in [0.15, 0.2) is 0 Å². The summed E-state index contributed by atoms with van der Waals surface area (Å²) < 4.78 is 0. The summed E-state index contributed by atoms with van der Waals surface area (Å²) in [6.45, 7) is 4.29. The molecule has 0 spiro atoms. The second kappa shape index (κ2) is 6.60. The van der Waals surface area contributed by atoms with Crippen LogP contribution in [0.3, 0.4) is 0 Å². The van der Waals surface area contributed by atoms with Crippen LogP contribution in [0.1, 0.15) is 22.3 Å². The highest BCUT2D eigenvalue weighted by Crippen LogP contribution is 2.46. The molecule has 0 fully saturated rings. The summed E-state index contributed by atoms with van der Waals surface area (Å²) >= 11 is 0. The minimum atomic E-state index is -0.340. The maximum atomic E-state index is 11.3. The van der Waals surface area contributed by atoms with Crippen LogP contribution in [-0.2, 0) is 26.2 Å². The third kappa shape index (κ3) is 2.62. The zero-order chi connectivity index (χ0) is 23.1. The van der Waals surface area contributed by atoms with Crippen molar-refractivity contribution in [2.75, 3.05) is 32.9 Å². The molecular weight excluding hydrogens is 436 g/mol. The Bertz CT molecular complexity index is 1320. The summed E-state index contributed by atoms with van der Waals surface area (Å²) in [6, 6.07) is 14.6. The average Bonchev–Trinajstić information content (AvgIpc) is 2.83. The monoisotopic (exact) mass is 456 g/mol. The zero-order valence-corrected chi connectivity index (χ0v) is 18.2. The molecule has 7 rings (SSSR count).